The van der Waals surface area contributed by atoms with Crippen molar-refractivity contribution < 1.29 is 9.53 Å². The fraction of sp³-hybridized carbons (Fsp3) is 0.375. The van der Waals surface area contributed by atoms with Gasteiger partial charge in [-0.15, -0.1) is 0 Å². The Morgan fingerprint density at radius 3 is 3.09 bits per heavy atom. The minimum absolute atomic E-state index is 0.0270. The maximum atomic E-state index is 12.4. The van der Waals surface area contributed by atoms with Gasteiger partial charge in [-0.1, -0.05) is 24.3 Å². The predicted octanol–water partition coefficient (Wildman–Crippen LogP) is 1.18. The van der Waals surface area contributed by atoms with E-state index in [2.05, 4.69) is 27.9 Å². The van der Waals surface area contributed by atoms with Crippen LogP contribution in [0.25, 0.3) is 0 Å². The highest BCUT2D eigenvalue weighted by molar-refractivity contribution is 5.95. The third-order valence-electron chi connectivity index (χ3n) is 3.82. The molecule has 2 aromatic rings. The van der Waals surface area contributed by atoms with E-state index in [0.29, 0.717) is 25.3 Å². The van der Waals surface area contributed by atoms with Crippen molar-refractivity contribution in [1.29, 1.82) is 0 Å². The average Bonchev–Trinajstić information content (AvgIpc) is 2.99. The molecule has 3 rings (SSSR count). The number of fused-ring (bicyclic) bond motifs is 1. The van der Waals surface area contributed by atoms with E-state index in [1.807, 2.05) is 18.3 Å². The number of ether oxygens (including phenoxy) is 1. The van der Waals surface area contributed by atoms with Gasteiger partial charge in [0, 0.05) is 19.9 Å². The van der Waals surface area contributed by atoms with Crippen LogP contribution in [0.5, 0.6) is 0 Å². The zero-order chi connectivity index (χ0) is 15.4. The number of carbonyl (C=O) groups excluding carboxylic acids is 1. The summed E-state index contributed by atoms with van der Waals surface area (Å²) in [6, 6.07) is 8.00. The highest BCUT2D eigenvalue weighted by Gasteiger charge is 2.24. The molecular formula is C16H20N4O2. The molecule has 1 unspecified atom stereocenters. The molecule has 6 nitrogen and oxygen atoms in total. The standard InChI is InChI=1S/C16H20N4O2/c1-22-7-6-20-11-14(10-18-20)19-16(21)15-8-12-4-2-3-5-13(12)9-17-15/h2-5,10-11,15,17H,6-9H2,1H3,(H,19,21). The Bertz CT molecular complexity index is 653. The van der Waals surface area contributed by atoms with E-state index in [1.165, 1.54) is 11.1 Å². The van der Waals surface area contributed by atoms with Crippen molar-refractivity contribution in [3.05, 3.63) is 47.8 Å². The lowest BCUT2D eigenvalue weighted by Gasteiger charge is -2.25. The summed E-state index contributed by atoms with van der Waals surface area (Å²) in [4.78, 5) is 12.4. The van der Waals surface area contributed by atoms with Gasteiger partial charge >= 0.3 is 0 Å². The summed E-state index contributed by atoms with van der Waals surface area (Å²) in [7, 11) is 1.65. The van der Waals surface area contributed by atoms with E-state index < -0.39 is 0 Å². The number of aromatic nitrogens is 2. The lowest BCUT2D eigenvalue weighted by Crippen LogP contribution is -2.44. The molecule has 1 aromatic carbocycles. The smallest absolute Gasteiger partial charge is 0.241 e. The van der Waals surface area contributed by atoms with Gasteiger partial charge in [0.25, 0.3) is 0 Å². The van der Waals surface area contributed by atoms with Gasteiger partial charge in [-0.3, -0.25) is 9.48 Å². The number of nitrogens with zero attached hydrogens (tertiary/aromatic N) is 2. The quantitative estimate of drug-likeness (QED) is 0.870. The van der Waals surface area contributed by atoms with Crippen molar-refractivity contribution in [3.8, 4) is 0 Å². The summed E-state index contributed by atoms with van der Waals surface area (Å²) < 4.78 is 6.76. The van der Waals surface area contributed by atoms with E-state index in [0.717, 1.165) is 6.54 Å². The molecule has 0 fully saturated rings. The first-order valence-corrected chi connectivity index (χ1v) is 7.38. The Labute approximate surface area is 129 Å². The molecule has 0 radical (unpaired) electrons. The number of benzene rings is 1. The molecule has 0 spiro atoms. The van der Waals surface area contributed by atoms with Gasteiger partial charge in [-0.25, -0.2) is 0 Å². The summed E-state index contributed by atoms with van der Waals surface area (Å²) >= 11 is 0. The number of rotatable bonds is 5. The maximum Gasteiger partial charge on any atom is 0.241 e. The fourth-order valence-corrected chi connectivity index (χ4v) is 2.60. The molecule has 2 heterocycles. The minimum Gasteiger partial charge on any atom is -0.383 e. The number of methoxy groups -OCH3 is 1. The average molecular weight is 300 g/mol. The van der Waals surface area contributed by atoms with Crippen LogP contribution in [0.1, 0.15) is 11.1 Å². The second kappa shape index (κ2) is 6.72. The zero-order valence-electron chi connectivity index (χ0n) is 12.6. The van der Waals surface area contributed by atoms with Crippen molar-refractivity contribution >= 4 is 11.6 Å². The van der Waals surface area contributed by atoms with Gasteiger partial charge in [-0.05, 0) is 17.5 Å². The molecule has 1 aliphatic rings. The summed E-state index contributed by atoms with van der Waals surface area (Å²) in [5.41, 5.74) is 3.21. The molecule has 1 amide bonds. The molecule has 6 heteroatoms. The molecule has 0 aliphatic carbocycles. The van der Waals surface area contributed by atoms with Crippen LogP contribution in [-0.2, 0) is 29.0 Å². The monoisotopic (exact) mass is 300 g/mol. The Kier molecular flexibility index (Phi) is 4.50. The number of carbonyl (C=O) groups is 1. The highest BCUT2D eigenvalue weighted by atomic mass is 16.5. The predicted molar refractivity (Wildman–Crippen MR) is 83.5 cm³/mol. The van der Waals surface area contributed by atoms with E-state index >= 15 is 0 Å². The SMILES string of the molecule is COCCn1cc(NC(=O)C2Cc3ccccc3CN2)cn1. The molecule has 0 saturated heterocycles. The van der Waals surface area contributed by atoms with Gasteiger partial charge < -0.3 is 15.4 Å². The summed E-state index contributed by atoms with van der Waals surface area (Å²) in [6.45, 7) is 1.98. The van der Waals surface area contributed by atoms with E-state index in [-0.39, 0.29) is 11.9 Å². The van der Waals surface area contributed by atoms with Crippen LogP contribution in [0.15, 0.2) is 36.7 Å². The van der Waals surface area contributed by atoms with Crippen LogP contribution >= 0.6 is 0 Å². The lowest BCUT2D eigenvalue weighted by atomic mass is 9.95. The van der Waals surface area contributed by atoms with Crippen LogP contribution in [0.4, 0.5) is 5.69 Å². The van der Waals surface area contributed by atoms with Crippen LogP contribution in [0, 0.1) is 0 Å². The third-order valence-corrected chi connectivity index (χ3v) is 3.82. The largest absolute Gasteiger partial charge is 0.383 e. The minimum atomic E-state index is -0.211. The number of anilines is 1. The Morgan fingerprint density at radius 2 is 2.27 bits per heavy atom. The fourth-order valence-electron chi connectivity index (χ4n) is 2.60. The molecule has 0 bridgehead atoms. The van der Waals surface area contributed by atoms with Crippen LogP contribution in [0.2, 0.25) is 0 Å². The second-order valence-corrected chi connectivity index (χ2v) is 5.38. The van der Waals surface area contributed by atoms with Gasteiger partial charge in [0.1, 0.15) is 0 Å². The normalized spacial score (nSPS) is 17.0. The van der Waals surface area contributed by atoms with Crippen molar-refractivity contribution in [3.63, 3.8) is 0 Å². The van der Waals surface area contributed by atoms with Gasteiger partial charge in [-0.2, -0.15) is 5.10 Å². The molecule has 116 valence electrons. The summed E-state index contributed by atoms with van der Waals surface area (Å²) in [5, 5.41) is 10.4. The molecule has 1 aromatic heterocycles. The second-order valence-electron chi connectivity index (χ2n) is 5.38. The van der Waals surface area contributed by atoms with E-state index in [9.17, 15) is 4.79 Å². The Hall–Kier alpha value is -2.18. The van der Waals surface area contributed by atoms with Crippen LogP contribution in [0.3, 0.4) is 0 Å². The first-order valence-electron chi connectivity index (χ1n) is 7.38. The zero-order valence-corrected chi connectivity index (χ0v) is 12.6. The first kappa shape index (κ1) is 14.7. The van der Waals surface area contributed by atoms with E-state index in [1.54, 1.807) is 18.0 Å². The number of hydrogen-bond acceptors (Lipinski definition) is 4. The molecule has 1 atom stereocenters. The summed E-state index contributed by atoms with van der Waals surface area (Å²) in [6.07, 6.45) is 4.18. The number of nitrogens with one attached hydrogen (secondary N) is 2. The van der Waals surface area contributed by atoms with Crippen molar-refractivity contribution in [2.75, 3.05) is 19.0 Å². The molecule has 0 saturated carbocycles. The molecule has 1 aliphatic heterocycles. The Balaban J connectivity index is 1.60. The first-order chi connectivity index (χ1) is 10.8. The van der Waals surface area contributed by atoms with Crippen LogP contribution < -0.4 is 10.6 Å². The summed E-state index contributed by atoms with van der Waals surface area (Å²) in [5.74, 6) is -0.0270. The molecule has 22 heavy (non-hydrogen) atoms. The van der Waals surface area contributed by atoms with E-state index in [4.69, 9.17) is 4.74 Å². The number of amides is 1. The topological polar surface area (TPSA) is 68.2 Å². The lowest BCUT2D eigenvalue weighted by molar-refractivity contribution is -0.118. The molecule has 2 N–H and O–H groups in total. The highest BCUT2D eigenvalue weighted by Crippen LogP contribution is 2.17. The molecular weight excluding hydrogens is 280 g/mol. The van der Waals surface area contributed by atoms with Gasteiger partial charge in [0.2, 0.25) is 5.91 Å². The van der Waals surface area contributed by atoms with Gasteiger partial charge in [0.05, 0.1) is 31.1 Å². The van der Waals surface area contributed by atoms with Gasteiger partial charge in [0.15, 0.2) is 0 Å². The third kappa shape index (κ3) is 3.35. The van der Waals surface area contributed by atoms with Crippen molar-refractivity contribution in [1.82, 2.24) is 15.1 Å². The van der Waals surface area contributed by atoms with Crippen molar-refractivity contribution in [2.24, 2.45) is 0 Å². The maximum absolute atomic E-state index is 12.4. The van der Waals surface area contributed by atoms with Crippen molar-refractivity contribution in [2.45, 2.75) is 25.6 Å². The van der Waals surface area contributed by atoms with Crippen LogP contribution in [-0.4, -0.2) is 35.4 Å². The Morgan fingerprint density at radius 1 is 1.45 bits per heavy atom. The number of hydrogen-bond donors (Lipinski definition) is 2.